The lowest BCUT2D eigenvalue weighted by atomic mass is 10.4. The second-order valence-corrected chi connectivity index (χ2v) is 4.82. The van der Waals surface area contributed by atoms with Crippen LogP contribution in [0.25, 0.3) is 0 Å². The van der Waals surface area contributed by atoms with E-state index in [0.29, 0.717) is 0 Å². The number of thiophene rings is 1. The Labute approximate surface area is 94.7 Å². The standard InChI is InChI=1S/C9H10BrN3S/c10-7-1-9(14-5-7)4-11-2-8-3-12-6-13-8/h1,3,5-6,11H,2,4H2,(H,12,13). The van der Waals surface area contributed by atoms with Gasteiger partial charge in [0.2, 0.25) is 0 Å². The SMILES string of the molecule is Brc1csc(CNCc2cnc[nH]2)c1. The maximum Gasteiger partial charge on any atom is 0.0922 e. The largest absolute Gasteiger partial charge is 0.347 e. The van der Waals surface area contributed by atoms with Crippen molar-refractivity contribution in [2.75, 3.05) is 0 Å². The first kappa shape index (κ1) is 9.89. The van der Waals surface area contributed by atoms with E-state index in [1.54, 1.807) is 17.7 Å². The Morgan fingerprint density at radius 3 is 3.07 bits per heavy atom. The molecule has 2 aromatic rings. The van der Waals surface area contributed by atoms with E-state index < -0.39 is 0 Å². The highest BCUT2D eigenvalue weighted by atomic mass is 79.9. The molecule has 0 aliphatic carbocycles. The molecule has 0 atom stereocenters. The van der Waals surface area contributed by atoms with Crippen molar-refractivity contribution in [2.45, 2.75) is 13.1 Å². The van der Waals surface area contributed by atoms with E-state index in [-0.39, 0.29) is 0 Å². The molecule has 0 radical (unpaired) electrons. The van der Waals surface area contributed by atoms with Crippen molar-refractivity contribution < 1.29 is 0 Å². The Balaban J connectivity index is 1.78. The van der Waals surface area contributed by atoms with Crippen molar-refractivity contribution in [3.05, 3.63) is 39.0 Å². The minimum atomic E-state index is 0.829. The molecule has 0 unspecified atom stereocenters. The van der Waals surface area contributed by atoms with E-state index in [9.17, 15) is 0 Å². The summed E-state index contributed by atoms with van der Waals surface area (Å²) >= 11 is 5.18. The highest BCUT2D eigenvalue weighted by Gasteiger charge is 1.97. The zero-order chi connectivity index (χ0) is 9.80. The topological polar surface area (TPSA) is 40.7 Å². The first-order valence-corrected chi connectivity index (χ1v) is 5.93. The first-order valence-electron chi connectivity index (χ1n) is 4.25. The van der Waals surface area contributed by atoms with Crippen LogP contribution in [0.1, 0.15) is 10.6 Å². The van der Waals surface area contributed by atoms with Crippen LogP contribution in [0.4, 0.5) is 0 Å². The van der Waals surface area contributed by atoms with E-state index in [0.717, 1.165) is 23.3 Å². The highest BCUT2D eigenvalue weighted by Crippen LogP contribution is 2.19. The van der Waals surface area contributed by atoms with Gasteiger partial charge < -0.3 is 10.3 Å². The number of H-pyrrole nitrogens is 1. The van der Waals surface area contributed by atoms with Crippen LogP contribution in [-0.2, 0) is 13.1 Å². The predicted molar refractivity (Wildman–Crippen MR) is 61.2 cm³/mol. The molecule has 0 fully saturated rings. The summed E-state index contributed by atoms with van der Waals surface area (Å²) in [5.41, 5.74) is 1.11. The molecule has 0 saturated carbocycles. The Hall–Kier alpha value is -0.650. The zero-order valence-electron chi connectivity index (χ0n) is 7.46. The van der Waals surface area contributed by atoms with Gasteiger partial charge in [0.25, 0.3) is 0 Å². The molecule has 14 heavy (non-hydrogen) atoms. The van der Waals surface area contributed by atoms with Crippen molar-refractivity contribution in [2.24, 2.45) is 0 Å². The average Bonchev–Trinajstić information content (AvgIpc) is 2.77. The molecule has 74 valence electrons. The van der Waals surface area contributed by atoms with Crippen LogP contribution in [0.2, 0.25) is 0 Å². The molecule has 0 saturated heterocycles. The van der Waals surface area contributed by atoms with Gasteiger partial charge in [-0.2, -0.15) is 0 Å². The lowest BCUT2D eigenvalue weighted by Crippen LogP contribution is -2.11. The van der Waals surface area contributed by atoms with Crippen LogP contribution in [0, 0.1) is 0 Å². The van der Waals surface area contributed by atoms with Crippen LogP contribution in [0.3, 0.4) is 0 Å². The van der Waals surface area contributed by atoms with Crippen molar-refractivity contribution in [3.8, 4) is 0 Å². The third-order valence-corrected chi connectivity index (χ3v) is 3.49. The van der Waals surface area contributed by atoms with Gasteiger partial charge in [0, 0.05) is 39.7 Å². The molecular formula is C9H10BrN3S. The lowest BCUT2D eigenvalue weighted by Gasteiger charge is -1.99. The summed E-state index contributed by atoms with van der Waals surface area (Å²) in [4.78, 5) is 8.33. The van der Waals surface area contributed by atoms with E-state index in [1.165, 1.54) is 4.88 Å². The summed E-state index contributed by atoms with van der Waals surface area (Å²) in [6, 6.07) is 2.13. The average molecular weight is 272 g/mol. The van der Waals surface area contributed by atoms with E-state index >= 15 is 0 Å². The number of aromatic amines is 1. The molecule has 0 aromatic carbocycles. The third-order valence-electron chi connectivity index (χ3n) is 1.79. The Morgan fingerprint density at radius 1 is 1.50 bits per heavy atom. The van der Waals surface area contributed by atoms with E-state index in [2.05, 4.69) is 42.7 Å². The number of nitrogens with zero attached hydrogens (tertiary/aromatic N) is 1. The van der Waals surface area contributed by atoms with Crippen molar-refractivity contribution in [1.29, 1.82) is 0 Å². The molecule has 5 heteroatoms. The number of imidazole rings is 1. The first-order chi connectivity index (χ1) is 6.84. The summed E-state index contributed by atoms with van der Waals surface area (Å²) < 4.78 is 1.15. The number of rotatable bonds is 4. The minimum absolute atomic E-state index is 0.829. The van der Waals surface area contributed by atoms with Crippen LogP contribution in [0.15, 0.2) is 28.4 Å². The Bertz CT molecular complexity index is 382. The monoisotopic (exact) mass is 271 g/mol. The molecule has 2 aromatic heterocycles. The van der Waals surface area contributed by atoms with Gasteiger partial charge in [-0.3, -0.25) is 0 Å². The number of halogens is 1. The summed E-state index contributed by atoms with van der Waals surface area (Å²) in [6.07, 6.45) is 3.52. The van der Waals surface area contributed by atoms with Gasteiger partial charge in [-0.15, -0.1) is 11.3 Å². The number of hydrogen-bond acceptors (Lipinski definition) is 3. The summed E-state index contributed by atoms with van der Waals surface area (Å²) in [7, 11) is 0. The molecular weight excluding hydrogens is 262 g/mol. The van der Waals surface area contributed by atoms with Gasteiger partial charge in [0.1, 0.15) is 0 Å². The number of hydrogen-bond donors (Lipinski definition) is 2. The fourth-order valence-corrected chi connectivity index (χ4v) is 2.57. The summed E-state index contributed by atoms with van der Waals surface area (Å²) in [6.45, 7) is 1.73. The van der Waals surface area contributed by atoms with Gasteiger partial charge in [0.05, 0.1) is 6.33 Å². The quantitative estimate of drug-likeness (QED) is 0.897. The van der Waals surface area contributed by atoms with Crippen LogP contribution < -0.4 is 5.32 Å². The molecule has 2 N–H and O–H groups in total. The molecule has 2 heterocycles. The number of aromatic nitrogens is 2. The molecule has 2 rings (SSSR count). The van der Waals surface area contributed by atoms with Crippen molar-refractivity contribution in [1.82, 2.24) is 15.3 Å². The fraction of sp³-hybridized carbons (Fsp3) is 0.222. The molecule has 0 bridgehead atoms. The second kappa shape index (κ2) is 4.72. The molecule has 0 aliphatic rings. The third kappa shape index (κ3) is 2.67. The number of nitrogens with one attached hydrogen (secondary N) is 2. The summed E-state index contributed by atoms with van der Waals surface area (Å²) in [5.74, 6) is 0. The van der Waals surface area contributed by atoms with E-state index in [4.69, 9.17) is 0 Å². The lowest BCUT2D eigenvalue weighted by molar-refractivity contribution is 0.689. The smallest absolute Gasteiger partial charge is 0.0922 e. The summed E-state index contributed by atoms with van der Waals surface area (Å²) in [5, 5.41) is 5.43. The highest BCUT2D eigenvalue weighted by molar-refractivity contribution is 9.10. The minimum Gasteiger partial charge on any atom is -0.347 e. The zero-order valence-corrected chi connectivity index (χ0v) is 9.86. The Kier molecular flexibility index (Phi) is 3.34. The maximum absolute atomic E-state index is 3.95. The molecule has 0 spiro atoms. The van der Waals surface area contributed by atoms with Crippen LogP contribution >= 0.6 is 27.3 Å². The normalized spacial score (nSPS) is 10.6. The van der Waals surface area contributed by atoms with Gasteiger partial charge in [0.15, 0.2) is 0 Å². The predicted octanol–water partition coefficient (Wildman–Crippen LogP) is 2.52. The molecule has 3 nitrogen and oxygen atoms in total. The van der Waals surface area contributed by atoms with Crippen LogP contribution in [-0.4, -0.2) is 9.97 Å². The van der Waals surface area contributed by atoms with Crippen molar-refractivity contribution in [3.63, 3.8) is 0 Å². The second-order valence-electron chi connectivity index (χ2n) is 2.91. The van der Waals surface area contributed by atoms with E-state index in [1.807, 2.05) is 6.20 Å². The maximum atomic E-state index is 3.95. The molecule has 0 amide bonds. The fourth-order valence-electron chi connectivity index (χ4n) is 1.15. The van der Waals surface area contributed by atoms with Gasteiger partial charge in [-0.1, -0.05) is 0 Å². The van der Waals surface area contributed by atoms with Crippen LogP contribution in [0.5, 0.6) is 0 Å². The van der Waals surface area contributed by atoms with Crippen molar-refractivity contribution >= 4 is 27.3 Å². The van der Waals surface area contributed by atoms with Gasteiger partial charge in [-0.25, -0.2) is 4.98 Å². The molecule has 0 aliphatic heterocycles. The van der Waals surface area contributed by atoms with Gasteiger partial charge >= 0.3 is 0 Å². The van der Waals surface area contributed by atoms with Gasteiger partial charge in [-0.05, 0) is 22.0 Å². The Morgan fingerprint density at radius 2 is 2.43 bits per heavy atom.